The van der Waals surface area contributed by atoms with E-state index in [1.165, 1.54) is 0 Å². The zero-order valence-electron chi connectivity index (χ0n) is 14.6. The SMILES string of the molecule is CCc1c(C(=O)N2CCC(C(=O)NC)C2)cnn1CCC(C)C. The highest BCUT2D eigenvalue weighted by Crippen LogP contribution is 2.21. The van der Waals surface area contributed by atoms with Crippen LogP contribution in [0.1, 0.15) is 49.7 Å². The van der Waals surface area contributed by atoms with Gasteiger partial charge >= 0.3 is 0 Å². The van der Waals surface area contributed by atoms with Crippen molar-refractivity contribution in [3.63, 3.8) is 0 Å². The van der Waals surface area contributed by atoms with Crippen molar-refractivity contribution in [3.8, 4) is 0 Å². The predicted molar refractivity (Wildman–Crippen MR) is 89.1 cm³/mol. The molecule has 1 aromatic heterocycles. The van der Waals surface area contributed by atoms with Crippen molar-refractivity contribution < 1.29 is 9.59 Å². The van der Waals surface area contributed by atoms with Crippen LogP contribution in [-0.4, -0.2) is 46.6 Å². The number of hydrogen-bond donors (Lipinski definition) is 1. The molecule has 2 rings (SSSR count). The Morgan fingerprint density at radius 3 is 2.78 bits per heavy atom. The van der Waals surface area contributed by atoms with Crippen molar-refractivity contribution >= 4 is 11.8 Å². The number of rotatable bonds is 6. The molecule has 1 fully saturated rings. The summed E-state index contributed by atoms with van der Waals surface area (Å²) < 4.78 is 1.96. The molecule has 1 aliphatic rings. The zero-order valence-corrected chi connectivity index (χ0v) is 14.6. The van der Waals surface area contributed by atoms with Gasteiger partial charge in [-0.3, -0.25) is 14.3 Å². The molecule has 0 spiro atoms. The Morgan fingerprint density at radius 2 is 2.17 bits per heavy atom. The van der Waals surface area contributed by atoms with E-state index in [1.54, 1.807) is 18.1 Å². The molecule has 0 aliphatic carbocycles. The van der Waals surface area contributed by atoms with E-state index in [-0.39, 0.29) is 17.7 Å². The van der Waals surface area contributed by atoms with Crippen LogP contribution in [0.5, 0.6) is 0 Å². The van der Waals surface area contributed by atoms with Gasteiger partial charge in [0, 0.05) is 26.7 Å². The van der Waals surface area contributed by atoms with E-state index < -0.39 is 0 Å². The number of carbonyl (C=O) groups is 2. The number of likely N-dealkylation sites (tertiary alicyclic amines) is 1. The van der Waals surface area contributed by atoms with E-state index in [0.717, 1.165) is 31.5 Å². The first-order chi connectivity index (χ1) is 11.0. The van der Waals surface area contributed by atoms with Crippen molar-refractivity contribution in [1.29, 1.82) is 0 Å². The molecular weight excluding hydrogens is 292 g/mol. The topological polar surface area (TPSA) is 67.2 Å². The van der Waals surface area contributed by atoms with E-state index in [4.69, 9.17) is 0 Å². The normalized spacial score (nSPS) is 17.8. The van der Waals surface area contributed by atoms with Crippen molar-refractivity contribution in [2.24, 2.45) is 11.8 Å². The lowest BCUT2D eigenvalue weighted by Gasteiger charge is -2.17. The first-order valence-corrected chi connectivity index (χ1v) is 8.53. The Kier molecular flexibility index (Phi) is 5.80. The molecule has 1 unspecified atom stereocenters. The molecule has 1 saturated heterocycles. The van der Waals surface area contributed by atoms with Gasteiger partial charge < -0.3 is 10.2 Å². The van der Waals surface area contributed by atoms with Gasteiger partial charge in [0.15, 0.2) is 0 Å². The maximum atomic E-state index is 12.8. The van der Waals surface area contributed by atoms with E-state index in [2.05, 4.69) is 31.2 Å². The summed E-state index contributed by atoms with van der Waals surface area (Å²) in [6, 6.07) is 0. The second kappa shape index (κ2) is 7.62. The summed E-state index contributed by atoms with van der Waals surface area (Å²) in [5.74, 6) is 0.535. The van der Waals surface area contributed by atoms with Crippen molar-refractivity contribution in [1.82, 2.24) is 20.0 Å². The molecule has 6 heteroatoms. The van der Waals surface area contributed by atoms with Crippen LogP contribution in [0.4, 0.5) is 0 Å². The summed E-state index contributed by atoms with van der Waals surface area (Å²) in [6.07, 6.45) is 4.25. The Balaban J connectivity index is 2.09. The average Bonchev–Trinajstić information content (AvgIpc) is 3.17. The molecule has 23 heavy (non-hydrogen) atoms. The molecule has 1 aliphatic heterocycles. The van der Waals surface area contributed by atoms with Crippen LogP contribution in [0, 0.1) is 11.8 Å². The number of aryl methyl sites for hydroxylation is 1. The third kappa shape index (κ3) is 3.92. The van der Waals surface area contributed by atoms with Crippen molar-refractivity contribution in [2.45, 2.75) is 46.6 Å². The third-order valence-electron chi connectivity index (χ3n) is 4.52. The largest absolute Gasteiger partial charge is 0.359 e. The Morgan fingerprint density at radius 1 is 1.43 bits per heavy atom. The minimum atomic E-state index is -0.0926. The van der Waals surface area contributed by atoms with Gasteiger partial charge in [0.2, 0.25) is 5.91 Å². The van der Waals surface area contributed by atoms with E-state index in [1.807, 2.05) is 4.68 Å². The molecular formula is C17H28N4O2. The van der Waals surface area contributed by atoms with E-state index in [0.29, 0.717) is 24.6 Å². The molecule has 1 aromatic rings. The Hall–Kier alpha value is -1.85. The molecule has 0 radical (unpaired) electrons. The second-order valence-corrected chi connectivity index (χ2v) is 6.62. The second-order valence-electron chi connectivity index (χ2n) is 6.62. The minimum Gasteiger partial charge on any atom is -0.359 e. The fourth-order valence-electron chi connectivity index (χ4n) is 3.07. The van der Waals surface area contributed by atoms with Crippen LogP contribution in [0.25, 0.3) is 0 Å². The van der Waals surface area contributed by atoms with Crippen LogP contribution < -0.4 is 5.32 Å². The van der Waals surface area contributed by atoms with Crippen LogP contribution in [-0.2, 0) is 17.8 Å². The minimum absolute atomic E-state index is 0.00375. The maximum absolute atomic E-state index is 12.8. The van der Waals surface area contributed by atoms with Crippen molar-refractivity contribution in [3.05, 3.63) is 17.5 Å². The fourth-order valence-corrected chi connectivity index (χ4v) is 3.07. The molecule has 0 saturated carbocycles. The van der Waals surface area contributed by atoms with Gasteiger partial charge in [-0.15, -0.1) is 0 Å². The van der Waals surface area contributed by atoms with Crippen molar-refractivity contribution in [2.75, 3.05) is 20.1 Å². The van der Waals surface area contributed by atoms with E-state index >= 15 is 0 Å². The van der Waals surface area contributed by atoms with Crippen LogP contribution in [0.3, 0.4) is 0 Å². The molecule has 1 N–H and O–H groups in total. The monoisotopic (exact) mass is 320 g/mol. The molecule has 0 bridgehead atoms. The first-order valence-electron chi connectivity index (χ1n) is 8.53. The number of hydrogen-bond acceptors (Lipinski definition) is 3. The number of nitrogens with one attached hydrogen (secondary N) is 1. The smallest absolute Gasteiger partial charge is 0.257 e. The zero-order chi connectivity index (χ0) is 17.0. The Labute approximate surface area is 138 Å². The van der Waals surface area contributed by atoms with Gasteiger partial charge in [0.1, 0.15) is 0 Å². The van der Waals surface area contributed by atoms with Crippen LogP contribution in [0.15, 0.2) is 6.20 Å². The number of nitrogens with zero attached hydrogens (tertiary/aromatic N) is 3. The molecule has 2 amide bonds. The molecule has 128 valence electrons. The third-order valence-corrected chi connectivity index (χ3v) is 4.52. The summed E-state index contributed by atoms with van der Waals surface area (Å²) in [7, 11) is 1.64. The summed E-state index contributed by atoms with van der Waals surface area (Å²) in [4.78, 5) is 26.3. The predicted octanol–water partition coefficient (Wildman–Crippen LogP) is 1.70. The lowest BCUT2D eigenvalue weighted by molar-refractivity contribution is -0.124. The number of aromatic nitrogens is 2. The lowest BCUT2D eigenvalue weighted by Crippen LogP contribution is -2.33. The number of carbonyl (C=O) groups excluding carboxylic acids is 2. The van der Waals surface area contributed by atoms with E-state index in [9.17, 15) is 9.59 Å². The standard InChI is InChI=1S/C17H28N4O2/c1-5-15-14(10-19-21(15)9-6-12(2)3)17(23)20-8-7-13(11-20)16(22)18-4/h10,12-13H,5-9,11H2,1-4H3,(H,18,22). The van der Waals surface area contributed by atoms with Gasteiger partial charge in [-0.05, 0) is 25.2 Å². The van der Waals surface area contributed by atoms with Gasteiger partial charge in [-0.1, -0.05) is 20.8 Å². The molecule has 0 aromatic carbocycles. The number of amides is 2. The summed E-state index contributed by atoms with van der Waals surface area (Å²) >= 11 is 0. The van der Waals surface area contributed by atoms with Gasteiger partial charge in [0.05, 0.1) is 23.4 Å². The highest BCUT2D eigenvalue weighted by atomic mass is 16.2. The Bertz CT molecular complexity index is 565. The highest BCUT2D eigenvalue weighted by Gasteiger charge is 2.32. The maximum Gasteiger partial charge on any atom is 0.257 e. The summed E-state index contributed by atoms with van der Waals surface area (Å²) in [6.45, 7) is 8.40. The molecule has 2 heterocycles. The first kappa shape index (κ1) is 17.5. The molecule has 6 nitrogen and oxygen atoms in total. The highest BCUT2D eigenvalue weighted by molar-refractivity contribution is 5.96. The van der Waals surface area contributed by atoms with Gasteiger partial charge in [-0.25, -0.2) is 0 Å². The van der Waals surface area contributed by atoms with Gasteiger partial charge in [0.25, 0.3) is 5.91 Å². The average molecular weight is 320 g/mol. The molecule has 1 atom stereocenters. The van der Waals surface area contributed by atoms with Crippen LogP contribution >= 0.6 is 0 Å². The summed E-state index contributed by atoms with van der Waals surface area (Å²) in [5.41, 5.74) is 1.69. The quantitative estimate of drug-likeness (QED) is 0.867. The van der Waals surface area contributed by atoms with Crippen LogP contribution in [0.2, 0.25) is 0 Å². The lowest BCUT2D eigenvalue weighted by atomic mass is 10.1. The van der Waals surface area contributed by atoms with Gasteiger partial charge in [-0.2, -0.15) is 5.10 Å². The fraction of sp³-hybridized carbons (Fsp3) is 0.706. The summed E-state index contributed by atoms with van der Waals surface area (Å²) in [5, 5.41) is 7.08.